The highest BCUT2D eigenvalue weighted by molar-refractivity contribution is 5.91. The summed E-state index contributed by atoms with van der Waals surface area (Å²) in [6.07, 6.45) is 4.15. The number of carbonyl (C=O) groups excluding carboxylic acids is 1. The molecule has 0 radical (unpaired) electrons. The van der Waals surface area contributed by atoms with Gasteiger partial charge in [0.15, 0.2) is 0 Å². The molecule has 144 valence electrons. The SMILES string of the molecule is COC(=O)c1cc(CNC(C(=O)O)C2CCCC(C)C2)n2c1COCC2. The van der Waals surface area contributed by atoms with Gasteiger partial charge in [-0.1, -0.05) is 19.8 Å². The van der Waals surface area contributed by atoms with Crippen LogP contribution in [0.5, 0.6) is 0 Å². The molecule has 1 aliphatic carbocycles. The van der Waals surface area contributed by atoms with Gasteiger partial charge in [-0.05, 0) is 30.7 Å². The van der Waals surface area contributed by atoms with E-state index in [1.807, 2.05) is 4.57 Å². The molecule has 2 N–H and O–H groups in total. The van der Waals surface area contributed by atoms with Crippen LogP contribution in [0.1, 0.15) is 54.4 Å². The van der Waals surface area contributed by atoms with Crippen molar-refractivity contribution in [3.8, 4) is 0 Å². The Kier molecular flexibility index (Phi) is 5.98. The monoisotopic (exact) mass is 364 g/mol. The van der Waals surface area contributed by atoms with E-state index in [1.54, 1.807) is 6.07 Å². The maximum Gasteiger partial charge on any atom is 0.339 e. The molecule has 1 aromatic heterocycles. The van der Waals surface area contributed by atoms with Crippen molar-refractivity contribution >= 4 is 11.9 Å². The van der Waals surface area contributed by atoms with Crippen LogP contribution in [0.25, 0.3) is 0 Å². The van der Waals surface area contributed by atoms with Crippen LogP contribution in [0.15, 0.2) is 6.07 Å². The van der Waals surface area contributed by atoms with E-state index in [4.69, 9.17) is 9.47 Å². The highest BCUT2D eigenvalue weighted by Gasteiger charge is 2.32. The molecule has 0 saturated heterocycles. The minimum atomic E-state index is -0.800. The number of hydrogen-bond acceptors (Lipinski definition) is 5. The van der Waals surface area contributed by atoms with E-state index < -0.39 is 12.0 Å². The molecule has 2 heterocycles. The Balaban J connectivity index is 1.76. The van der Waals surface area contributed by atoms with Crippen LogP contribution in [-0.2, 0) is 34.0 Å². The Morgan fingerprint density at radius 1 is 1.46 bits per heavy atom. The molecule has 3 atom stereocenters. The lowest BCUT2D eigenvalue weighted by atomic mass is 9.78. The second kappa shape index (κ2) is 8.22. The number of carboxylic acids is 1. The van der Waals surface area contributed by atoms with Crippen LogP contribution in [0.4, 0.5) is 0 Å². The number of ether oxygens (including phenoxy) is 2. The van der Waals surface area contributed by atoms with Crippen LogP contribution in [0.2, 0.25) is 0 Å². The van der Waals surface area contributed by atoms with Crippen molar-refractivity contribution in [2.45, 2.75) is 58.3 Å². The molecule has 1 saturated carbocycles. The van der Waals surface area contributed by atoms with Crippen molar-refractivity contribution in [3.05, 3.63) is 23.0 Å². The first-order valence-electron chi connectivity index (χ1n) is 9.34. The van der Waals surface area contributed by atoms with Crippen molar-refractivity contribution in [1.29, 1.82) is 0 Å². The lowest BCUT2D eigenvalue weighted by Crippen LogP contribution is -2.44. The average Bonchev–Trinajstić information content (AvgIpc) is 3.00. The first kappa shape index (κ1) is 18.9. The third kappa shape index (κ3) is 3.94. The number of esters is 1. The molecule has 2 aliphatic rings. The van der Waals surface area contributed by atoms with Crippen LogP contribution in [0.3, 0.4) is 0 Å². The average molecular weight is 364 g/mol. The van der Waals surface area contributed by atoms with E-state index in [2.05, 4.69) is 12.2 Å². The fraction of sp³-hybridized carbons (Fsp3) is 0.684. The van der Waals surface area contributed by atoms with Crippen molar-refractivity contribution in [1.82, 2.24) is 9.88 Å². The number of methoxy groups -OCH3 is 1. The number of carbonyl (C=O) groups is 2. The zero-order valence-corrected chi connectivity index (χ0v) is 15.5. The maximum atomic E-state index is 12.0. The number of fused-ring (bicyclic) bond motifs is 1. The molecule has 1 fully saturated rings. The van der Waals surface area contributed by atoms with Gasteiger partial charge in [-0.2, -0.15) is 0 Å². The summed E-state index contributed by atoms with van der Waals surface area (Å²) in [5.41, 5.74) is 2.21. The molecule has 0 aromatic carbocycles. The molecule has 1 aromatic rings. The quantitative estimate of drug-likeness (QED) is 0.752. The standard InChI is InChI=1S/C19H28N2O5/c1-12-4-3-5-13(8-12)17(18(22)23)20-10-14-9-15(19(24)25-2)16-11-26-7-6-21(14)16/h9,12-13,17,20H,3-8,10-11H2,1-2H3,(H,22,23). The Morgan fingerprint density at radius 2 is 2.27 bits per heavy atom. The van der Waals surface area contributed by atoms with E-state index in [1.165, 1.54) is 13.5 Å². The van der Waals surface area contributed by atoms with Gasteiger partial charge in [-0.15, -0.1) is 0 Å². The van der Waals surface area contributed by atoms with Gasteiger partial charge in [0.05, 0.1) is 31.6 Å². The summed E-state index contributed by atoms with van der Waals surface area (Å²) in [6.45, 7) is 4.20. The topological polar surface area (TPSA) is 89.8 Å². The van der Waals surface area contributed by atoms with Crippen molar-refractivity contribution in [2.24, 2.45) is 11.8 Å². The highest BCUT2D eigenvalue weighted by Crippen LogP contribution is 2.31. The van der Waals surface area contributed by atoms with Crippen LogP contribution < -0.4 is 5.32 Å². The van der Waals surface area contributed by atoms with Gasteiger partial charge in [0.25, 0.3) is 0 Å². The summed E-state index contributed by atoms with van der Waals surface area (Å²) >= 11 is 0. The van der Waals surface area contributed by atoms with E-state index in [0.717, 1.165) is 30.7 Å². The molecular formula is C19H28N2O5. The number of rotatable bonds is 6. The van der Waals surface area contributed by atoms with Crippen molar-refractivity contribution in [2.75, 3.05) is 13.7 Å². The number of aliphatic carboxylic acids is 1. The Labute approximate surface area is 153 Å². The number of hydrogen-bond donors (Lipinski definition) is 2. The molecule has 7 heteroatoms. The summed E-state index contributed by atoms with van der Waals surface area (Å²) in [5.74, 6) is -0.468. The van der Waals surface area contributed by atoms with Gasteiger partial charge in [-0.25, -0.2) is 4.79 Å². The molecule has 3 rings (SSSR count). The summed E-state index contributed by atoms with van der Waals surface area (Å²) in [5, 5.41) is 12.9. The van der Waals surface area contributed by atoms with Gasteiger partial charge in [0.2, 0.25) is 0 Å². The number of nitrogens with one attached hydrogen (secondary N) is 1. The van der Waals surface area contributed by atoms with Gasteiger partial charge in [-0.3, -0.25) is 10.1 Å². The molecule has 0 amide bonds. The predicted octanol–water partition coefficient (Wildman–Crippen LogP) is 2.17. The zero-order chi connectivity index (χ0) is 18.7. The van der Waals surface area contributed by atoms with Gasteiger partial charge in [0.1, 0.15) is 6.04 Å². The molecule has 7 nitrogen and oxygen atoms in total. The van der Waals surface area contributed by atoms with Gasteiger partial charge in [0, 0.05) is 18.8 Å². The second-order valence-electron chi connectivity index (χ2n) is 7.42. The molecule has 26 heavy (non-hydrogen) atoms. The van der Waals surface area contributed by atoms with E-state index in [0.29, 0.717) is 37.8 Å². The smallest absolute Gasteiger partial charge is 0.339 e. The third-order valence-corrected chi connectivity index (χ3v) is 5.62. The Morgan fingerprint density at radius 3 is 2.96 bits per heavy atom. The molecular weight excluding hydrogens is 336 g/mol. The largest absolute Gasteiger partial charge is 0.480 e. The molecule has 0 spiro atoms. The number of aromatic nitrogens is 1. The fourth-order valence-corrected chi connectivity index (χ4v) is 4.29. The summed E-state index contributed by atoms with van der Waals surface area (Å²) in [7, 11) is 1.36. The lowest BCUT2D eigenvalue weighted by Gasteiger charge is -2.31. The van der Waals surface area contributed by atoms with Crippen LogP contribution in [0, 0.1) is 11.8 Å². The van der Waals surface area contributed by atoms with E-state index >= 15 is 0 Å². The number of carboxylic acid groups (broad SMARTS) is 1. The normalized spacial score (nSPS) is 23.9. The Hall–Kier alpha value is -1.86. The van der Waals surface area contributed by atoms with Gasteiger partial charge >= 0.3 is 11.9 Å². The first-order valence-corrected chi connectivity index (χ1v) is 9.34. The number of nitrogens with zero attached hydrogens (tertiary/aromatic N) is 1. The zero-order valence-electron chi connectivity index (χ0n) is 15.5. The molecule has 0 bridgehead atoms. The van der Waals surface area contributed by atoms with Crippen molar-refractivity contribution < 1.29 is 24.2 Å². The first-order chi connectivity index (χ1) is 12.5. The van der Waals surface area contributed by atoms with E-state index in [9.17, 15) is 14.7 Å². The van der Waals surface area contributed by atoms with Crippen molar-refractivity contribution in [3.63, 3.8) is 0 Å². The Bertz CT molecular complexity index is 669. The third-order valence-electron chi connectivity index (χ3n) is 5.62. The summed E-state index contributed by atoms with van der Waals surface area (Å²) in [6, 6.07) is 1.23. The van der Waals surface area contributed by atoms with Gasteiger partial charge < -0.3 is 19.1 Å². The predicted molar refractivity (Wildman–Crippen MR) is 94.8 cm³/mol. The summed E-state index contributed by atoms with van der Waals surface area (Å²) < 4.78 is 12.4. The lowest BCUT2D eigenvalue weighted by molar-refractivity contribution is -0.141. The summed E-state index contributed by atoms with van der Waals surface area (Å²) in [4.78, 5) is 23.8. The molecule has 3 unspecified atom stereocenters. The minimum absolute atomic E-state index is 0.149. The van der Waals surface area contributed by atoms with E-state index in [-0.39, 0.29) is 11.9 Å². The van der Waals surface area contributed by atoms with Crippen LogP contribution in [-0.4, -0.2) is 41.4 Å². The minimum Gasteiger partial charge on any atom is -0.480 e. The van der Waals surface area contributed by atoms with Crippen LogP contribution >= 0.6 is 0 Å². The molecule has 1 aliphatic heterocycles. The fourth-order valence-electron chi connectivity index (χ4n) is 4.29. The maximum absolute atomic E-state index is 12.0. The highest BCUT2D eigenvalue weighted by atomic mass is 16.5. The second-order valence-corrected chi connectivity index (χ2v) is 7.42.